The van der Waals surface area contributed by atoms with Crippen LogP contribution in [-0.2, 0) is 24.4 Å². The summed E-state index contributed by atoms with van der Waals surface area (Å²) < 4.78 is 32.1. The summed E-state index contributed by atoms with van der Waals surface area (Å²) in [5, 5.41) is 0. The molecule has 0 radical (unpaired) electrons. The quantitative estimate of drug-likeness (QED) is 0.933. The van der Waals surface area contributed by atoms with E-state index in [1.165, 1.54) is 6.07 Å². The van der Waals surface area contributed by atoms with Crippen molar-refractivity contribution in [3.63, 3.8) is 0 Å². The van der Waals surface area contributed by atoms with Crippen molar-refractivity contribution >= 4 is 0 Å². The minimum atomic E-state index is -0.448. The number of nitrogens with two attached hydrogens (primary N) is 1. The topological polar surface area (TPSA) is 35.2 Å². The third-order valence-electron chi connectivity index (χ3n) is 3.62. The van der Waals surface area contributed by atoms with Crippen LogP contribution in [0.15, 0.2) is 36.4 Å². The van der Waals surface area contributed by atoms with Crippen molar-refractivity contribution in [2.24, 2.45) is 5.73 Å². The zero-order valence-corrected chi connectivity index (χ0v) is 10.9. The molecule has 1 unspecified atom stereocenters. The van der Waals surface area contributed by atoms with E-state index < -0.39 is 11.6 Å². The molecule has 1 heterocycles. The number of hydrogen-bond donors (Lipinski definition) is 1. The first-order valence-electron chi connectivity index (χ1n) is 6.52. The molecule has 0 fully saturated rings. The van der Waals surface area contributed by atoms with E-state index in [9.17, 15) is 8.78 Å². The summed E-state index contributed by atoms with van der Waals surface area (Å²) in [5.41, 5.74) is 9.61. The molecule has 0 spiro atoms. The Morgan fingerprint density at radius 2 is 1.85 bits per heavy atom. The third-order valence-corrected chi connectivity index (χ3v) is 3.62. The Kier molecular flexibility index (Phi) is 3.51. The van der Waals surface area contributed by atoms with Crippen LogP contribution in [-0.4, -0.2) is 0 Å². The molecule has 2 aromatic carbocycles. The summed E-state index contributed by atoms with van der Waals surface area (Å²) in [6.07, 6.45) is 0.267. The summed E-state index contributed by atoms with van der Waals surface area (Å²) in [6.45, 7) is 1.22. The standard InChI is InChI=1S/C16H15F2NO/c17-14-3-4-15(18)12(6-14)7-16(19)10-1-2-11-8-20-9-13(11)5-10/h1-6,16H,7-9,19H2. The molecule has 2 N–H and O–H groups in total. The lowest BCUT2D eigenvalue weighted by molar-refractivity contribution is 0.134. The predicted molar refractivity (Wildman–Crippen MR) is 71.9 cm³/mol. The summed E-state index contributed by atoms with van der Waals surface area (Å²) in [6, 6.07) is 8.98. The maximum atomic E-state index is 13.6. The van der Waals surface area contributed by atoms with Crippen LogP contribution in [0, 0.1) is 11.6 Å². The van der Waals surface area contributed by atoms with Crippen molar-refractivity contribution < 1.29 is 13.5 Å². The molecular formula is C16H15F2NO. The number of rotatable bonds is 3. The molecule has 1 aliphatic heterocycles. The maximum Gasteiger partial charge on any atom is 0.126 e. The van der Waals surface area contributed by atoms with Crippen LogP contribution in [0.2, 0.25) is 0 Å². The third kappa shape index (κ3) is 2.57. The molecule has 20 heavy (non-hydrogen) atoms. The molecular weight excluding hydrogens is 260 g/mol. The van der Waals surface area contributed by atoms with E-state index in [0.29, 0.717) is 18.8 Å². The summed E-state index contributed by atoms with van der Waals surface area (Å²) in [5.74, 6) is -0.873. The van der Waals surface area contributed by atoms with Gasteiger partial charge in [-0.3, -0.25) is 0 Å². The fourth-order valence-corrected chi connectivity index (χ4v) is 2.48. The summed E-state index contributed by atoms with van der Waals surface area (Å²) >= 11 is 0. The van der Waals surface area contributed by atoms with Gasteiger partial charge in [-0.15, -0.1) is 0 Å². The first-order chi connectivity index (χ1) is 9.63. The second-order valence-corrected chi connectivity index (χ2v) is 5.07. The van der Waals surface area contributed by atoms with Gasteiger partial charge in [-0.25, -0.2) is 8.78 Å². The van der Waals surface area contributed by atoms with Crippen LogP contribution in [0.3, 0.4) is 0 Å². The van der Waals surface area contributed by atoms with E-state index >= 15 is 0 Å². The van der Waals surface area contributed by atoms with Crippen molar-refractivity contribution in [1.82, 2.24) is 0 Å². The van der Waals surface area contributed by atoms with Gasteiger partial charge >= 0.3 is 0 Å². The highest BCUT2D eigenvalue weighted by atomic mass is 19.1. The molecule has 4 heteroatoms. The van der Waals surface area contributed by atoms with Gasteiger partial charge in [0.05, 0.1) is 13.2 Å². The molecule has 0 saturated carbocycles. The molecule has 0 aliphatic carbocycles. The van der Waals surface area contributed by atoms with E-state index in [4.69, 9.17) is 10.5 Å². The van der Waals surface area contributed by atoms with E-state index in [-0.39, 0.29) is 12.5 Å². The Morgan fingerprint density at radius 1 is 1.05 bits per heavy atom. The number of ether oxygens (including phenoxy) is 1. The van der Waals surface area contributed by atoms with Gasteiger partial charge in [0.1, 0.15) is 11.6 Å². The van der Waals surface area contributed by atoms with Crippen LogP contribution >= 0.6 is 0 Å². The normalized spacial score (nSPS) is 15.2. The van der Waals surface area contributed by atoms with Gasteiger partial charge in [0.25, 0.3) is 0 Å². The largest absolute Gasteiger partial charge is 0.372 e. The molecule has 104 valence electrons. The van der Waals surface area contributed by atoms with Crippen molar-refractivity contribution in [3.05, 3.63) is 70.3 Å². The van der Waals surface area contributed by atoms with Crippen LogP contribution < -0.4 is 5.73 Å². The second kappa shape index (κ2) is 5.31. The molecule has 1 aliphatic rings. The van der Waals surface area contributed by atoms with E-state index in [1.54, 1.807) is 0 Å². The van der Waals surface area contributed by atoms with Crippen LogP contribution in [0.4, 0.5) is 8.78 Å². The minimum Gasteiger partial charge on any atom is -0.372 e. The molecule has 2 nitrogen and oxygen atoms in total. The zero-order chi connectivity index (χ0) is 14.1. The zero-order valence-electron chi connectivity index (χ0n) is 10.9. The smallest absolute Gasteiger partial charge is 0.126 e. The van der Waals surface area contributed by atoms with Gasteiger partial charge in [0, 0.05) is 6.04 Å². The van der Waals surface area contributed by atoms with E-state index in [0.717, 1.165) is 28.8 Å². The van der Waals surface area contributed by atoms with E-state index in [2.05, 4.69) is 0 Å². The van der Waals surface area contributed by atoms with Crippen molar-refractivity contribution in [3.8, 4) is 0 Å². The number of fused-ring (bicyclic) bond motifs is 1. The first-order valence-corrected chi connectivity index (χ1v) is 6.52. The number of benzene rings is 2. The maximum absolute atomic E-state index is 13.6. The molecule has 3 rings (SSSR count). The van der Waals surface area contributed by atoms with Crippen LogP contribution in [0.25, 0.3) is 0 Å². The highest BCUT2D eigenvalue weighted by Gasteiger charge is 2.16. The Bertz CT molecular complexity index is 642. The van der Waals surface area contributed by atoms with Crippen molar-refractivity contribution in [2.75, 3.05) is 0 Å². The fraction of sp³-hybridized carbons (Fsp3) is 0.250. The van der Waals surface area contributed by atoms with Gasteiger partial charge in [-0.05, 0) is 46.9 Å². The number of halogens is 2. The van der Waals surface area contributed by atoms with Crippen molar-refractivity contribution in [1.29, 1.82) is 0 Å². The molecule has 0 bridgehead atoms. The van der Waals surface area contributed by atoms with Gasteiger partial charge in [0.2, 0.25) is 0 Å². The van der Waals surface area contributed by atoms with Gasteiger partial charge in [-0.1, -0.05) is 18.2 Å². The Balaban J connectivity index is 1.82. The lowest BCUT2D eigenvalue weighted by atomic mass is 9.96. The average Bonchev–Trinajstić information content (AvgIpc) is 2.90. The Labute approximate surface area is 116 Å². The molecule has 0 saturated heterocycles. The summed E-state index contributed by atoms with van der Waals surface area (Å²) in [4.78, 5) is 0. The molecule has 2 aromatic rings. The highest BCUT2D eigenvalue weighted by Crippen LogP contribution is 2.25. The fourth-order valence-electron chi connectivity index (χ4n) is 2.48. The second-order valence-electron chi connectivity index (χ2n) is 5.07. The monoisotopic (exact) mass is 275 g/mol. The van der Waals surface area contributed by atoms with Crippen LogP contribution in [0.1, 0.15) is 28.3 Å². The lowest BCUT2D eigenvalue weighted by Gasteiger charge is -2.14. The molecule has 1 atom stereocenters. The van der Waals surface area contributed by atoms with Gasteiger partial charge in [-0.2, -0.15) is 0 Å². The Hall–Kier alpha value is -1.78. The summed E-state index contributed by atoms with van der Waals surface area (Å²) in [7, 11) is 0. The Morgan fingerprint density at radius 3 is 2.70 bits per heavy atom. The number of hydrogen-bond acceptors (Lipinski definition) is 2. The SMILES string of the molecule is NC(Cc1cc(F)ccc1F)c1ccc2c(c1)COC2. The lowest BCUT2D eigenvalue weighted by Crippen LogP contribution is -2.14. The minimum absolute atomic E-state index is 0.267. The predicted octanol–water partition coefficient (Wildman–Crippen LogP) is 3.24. The van der Waals surface area contributed by atoms with E-state index in [1.807, 2.05) is 18.2 Å². The molecule has 0 amide bonds. The first kappa shape index (κ1) is 13.2. The van der Waals surface area contributed by atoms with Gasteiger partial charge in [0.15, 0.2) is 0 Å². The molecule has 0 aromatic heterocycles. The van der Waals surface area contributed by atoms with Crippen LogP contribution in [0.5, 0.6) is 0 Å². The average molecular weight is 275 g/mol. The van der Waals surface area contributed by atoms with Crippen molar-refractivity contribution in [2.45, 2.75) is 25.7 Å². The van der Waals surface area contributed by atoms with Gasteiger partial charge < -0.3 is 10.5 Å². The highest BCUT2D eigenvalue weighted by molar-refractivity contribution is 5.35.